The van der Waals surface area contributed by atoms with Crippen molar-refractivity contribution in [3.05, 3.63) is 46.4 Å². The summed E-state index contributed by atoms with van der Waals surface area (Å²) in [6.07, 6.45) is 0.692. The van der Waals surface area contributed by atoms with E-state index in [9.17, 15) is 13.2 Å². The van der Waals surface area contributed by atoms with Gasteiger partial charge in [-0.25, -0.2) is 8.42 Å². The molecule has 2 aromatic carbocycles. The third-order valence-corrected chi connectivity index (χ3v) is 6.64. The molecule has 0 unspecified atom stereocenters. The summed E-state index contributed by atoms with van der Waals surface area (Å²) < 4.78 is 33.9. The highest BCUT2D eigenvalue weighted by Crippen LogP contribution is 2.38. The quantitative estimate of drug-likeness (QED) is 0.791. The molecule has 1 aliphatic rings. The molecular formula is C18H19BrN2O4S. The predicted octanol–water partition coefficient (Wildman–Crippen LogP) is 3.56. The highest BCUT2D eigenvalue weighted by atomic mass is 79.9. The van der Waals surface area contributed by atoms with Crippen LogP contribution in [0.3, 0.4) is 0 Å². The van der Waals surface area contributed by atoms with Gasteiger partial charge in [0.15, 0.2) is 0 Å². The summed E-state index contributed by atoms with van der Waals surface area (Å²) in [5.41, 5.74) is 1.98. The van der Waals surface area contributed by atoms with Gasteiger partial charge in [-0.2, -0.15) is 0 Å². The standard InChI is InChI=1S/C18H19BrN2O4S/c1-11-7-13-8-16(19)18(10-17(13)21(11)12(2)22)26(23,24)20-14-5-4-6-15(9-14)25-3/h4-6,8-11,20H,7H2,1-3H3/t11-/m1/s1. The number of amides is 1. The first-order valence-corrected chi connectivity index (χ1v) is 10.3. The van der Waals surface area contributed by atoms with Gasteiger partial charge in [-0.3, -0.25) is 9.52 Å². The van der Waals surface area contributed by atoms with Crippen LogP contribution >= 0.6 is 15.9 Å². The lowest BCUT2D eigenvalue weighted by molar-refractivity contribution is -0.116. The smallest absolute Gasteiger partial charge is 0.263 e. The summed E-state index contributed by atoms with van der Waals surface area (Å²) in [6.45, 7) is 3.42. The van der Waals surface area contributed by atoms with E-state index in [0.29, 0.717) is 28.0 Å². The van der Waals surface area contributed by atoms with E-state index in [1.165, 1.54) is 14.0 Å². The Morgan fingerprint density at radius 1 is 1.31 bits per heavy atom. The summed E-state index contributed by atoms with van der Waals surface area (Å²) in [5.74, 6) is 0.442. The van der Waals surface area contributed by atoms with Crippen LogP contribution in [0, 0.1) is 0 Å². The number of nitrogens with one attached hydrogen (secondary N) is 1. The summed E-state index contributed by atoms with van der Waals surface area (Å²) in [7, 11) is -2.33. The first kappa shape index (κ1) is 18.7. The molecule has 1 aliphatic heterocycles. The molecule has 0 saturated heterocycles. The lowest BCUT2D eigenvalue weighted by atomic mass is 10.1. The molecule has 0 saturated carbocycles. The Balaban J connectivity index is 2.02. The summed E-state index contributed by atoms with van der Waals surface area (Å²) in [5, 5.41) is 0. The van der Waals surface area contributed by atoms with Crippen LogP contribution in [0.2, 0.25) is 0 Å². The van der Waals surface area contributed by atoms with Crippen LogP contribution in [0.1, 0.15) is 19.4 Å². The molecule has 1 atom stereocenters. The largest absolute Gasteiger partial charge is 0.497 e. The number of fused-ring (bicyclic) bond motifs is 1. The predicted molar refractivity (Wildman–Crippen MR) is 104 cm³/mol. The minimum atomic E-state index is -3.85. The highest BCUT2D eigenvalue weighted by Gasteiger charge is 2.32. The van der Waals surface area contributed by atoms with E-state index in [0.717, 1.165) is 5.56 Å². The van der Waals surface area contributed by atoms with Crippen molar-refractivity contribution in [1.29, 1.82) is 0 Å². The van der Waals surface area contributed by atoms with Gasteiger partial charge in [0.25, 0.3) is 10.0 Å². The average molecular weight is 439 g/mol. The number of ether oxygens (including phenoxy) is 1. The number of carbonyl (C=O) groups is 1. The van der Waals surface area contributed by atoms with Crippen molar-refractivity contribution in [2.45, 2.75) is 31.2 Å². The number of hydrogen-bond acceptors (Lipinski definition) is 4. The fraction of sp³-hybridized carbons (Fsp3) is 0.278. The van der Waals surface area contributed by atoms with Gasteiger partial charge in [-0.15, -0.1) is 0 Å². The first-order valence-electron chi connectivity index (χ1n) is 8.02. The Labute approximate surface area is 161 Å². The average Bonchev–Trinajstić information content (AvgIpc) is 2.88. The number of carbonyl (C=O) groups excluding carboxylic acids is 1. The second-order valence-electron chi connectivity index (χ2n) is 6.19. The minimum Gasteiger partial charge on any atom is -0.497 e. The Morgan fingerprint density at radius 2 is 2.04 bits per heavy atom. The van der Waals surface area contributed by atoms with Gasteiger partial charge >= 0.3 is 0 Å². The van der Waals surface area contributed by atoms with Gasteiger partial charge in [0.2, 0.25) is 5.91 Å². The Hall–Kier alpha value is -2.06. The molecule has 1 N–H and O–H groups in total. The van der Waals surface area contributed by atoms with Crippen LogP contribution in [0.25, 0.3) is 0 Å². The molecule has 0 aliphatic carbocycles. The van der Waals surface area contributed by atoms with Gasteiger partial charge in [0.05, 0.1) is 12.8 Å². The summed E-state index contributed by atoms with van der Waals surface area (Å²) in [6, 6.07) is 10.00. The van der Waals surface area contributed by atoms with E-state index >= 15 is 0 Å². The van der Waals surface area contributed by atoms with Crippen LogP contribution in [0.15, 0.2) is 45.8 Å². The zero-order valence-electron chi connectivity index (χ0n) is 14.6. The van der Waals surface area contributed by atoms with Crippen molar-refractivity contribution in [1.82, 2.24) is 0 Å². The van der Waals surface area contributed by atoms with Crippen molar-refractivity contribution in [3.8, 4) is 5.75 Å². The maximum Gasteiger partial charge on any atom is 0.263 e. The monoisotopic (exact) mass is 438 g/mol. The molecule has 26 heavy (non-hydrogen) atoms. The number of nitrogens with zero attached hydrogens (tertiary/aromatic N) is 1. The number of anilines is 2. The van der Waals surface area contributed by atoms with Gasteiger partial charge in [0.1, 0.15) is 10.6 Å². The van der Waals surface area contributed by atoms with Crippen LogP contribution in [-0.2, 0) is 21.2 Å². The molecule has 0 fully saturated rings. The molecular weight excluding hydrogens is 420 g/mol. The molecule has 1 heterocycles. The third-order valence-electron chi connectivity index (χ3n) is 4.30. The topological polar surface area (TPSA) is 75.7 Å². The zero-order valence-corrected chi connectivity index (χ0v) is 17.0. The van der Waals surface area contributed by atoms with E-state index in [-0.39, 0.29) is 16.8 Å². The third kappa shape index (κ3) is 3.43. The Bertz CT molecular complexity index is 975. The van der Waals surface area contributed by atoms with Crippen molar-refractivity contribution in [2.24, 2.45) is 0 Å². The second kappa shape index (κ2) is 6.92. The van der Waals surface area contributed by atoms with E-state index in [1.807, 2.05) is 6.92 Å². The molecule has 6 nitrogen and oxygen atoms in total. The number of hydrogen-bond donors (Lipinski definition) is 1. The first-order chi connectivity index (χ1) is 12.2. The second-order valence-corrected chi connectivity index (χ2v) is 8.70. The fourth-order valence-corrected chi connectivity index (χ4v) is 5.36. The Kier molecular flexibility index (Phi) is 4.98. The van der Waals surface area contributed by atoms with Gasteiger partial charge in [-0.1, -0.05) is 6.07 Å². The maximum atomic E-state index is 12.9. The van der Waals surface area contributed by atoms with Gasteiger partial charge < -0.3 is 9.64 Å². The van der Waals surface area contributed by atoms with Crippen LogP contribution in [0.4, 0.5) is 11.4 Å². The SMILES string of the molecule is COc1cccc(NS(=O)(=O)c2cc3c(cc2Br)C[C@@H](C)N3C(C)=O)c1. The van der Waals surface area contributed by atoms with E-state index in [2.05, 4.69) is 20.7 Å². The van der Waals surface area contributed by atoms with E-state index < -0.39 is 10.0 Å². The summed E-state index contributed by atoms with van der Waals surface area (Å²) in [4.78, 5) is 13.7. The van der Waals surface area contributed by atoms with Crippen LogP contribution in [0.5, 0.6) is 5.75 Å². The van der Waals surface area contributed by atoms with Crippen molar-refractivity contribution in [2.75, 3.05) is 16.7 Å². The number of sulfonamides is 1. The number of methoxy groups -OCH3 is 1. The van der Waals surface area contributed by atoms with Gasteiger partial charge in [-0.05, 0) is 59.1 Å². The molecule has 138 valence electrons. The number of halogens is 1. The number of rotatable bonds is 4. The van der Waals surface area contributed by atoms with Crippen LogP contribution < -0.4 is 14.4 Å². The van der Waals surface area contributed by atoms with E-state index in [1.54, 1.807) is 41.3 Å². The molecule has 1 amide bonds. The normalized spacial score (nSPS) is 16.3. The molecule has 0 spiro atoms. The van der Waals surface area contributed by atoms with Gasteiger partial charge in [0, 0.05) is 29.2 Å². The fourth-order valence-electron chi connectivity index (χ4n) is 3.20. The van der Waals surface area contributed by atoms with Crippen LogP contribution in [-0.4, -0.2) is 27.5 Å². The van der Waals surface area contributed by atoms with Crippen molar-refractivity contribution in [3.63, 3.8) is 0 Å². The van der Waals surface area contributed by atoms with Crippen molar-refractivity contribution >= 4 is 43.2 Å². The highest BCUT2D eigenvalue weighted by molar-refractivity contribution is 9.10. The summed E-state index contributed by atoms with van der Waals surface area (Å²) >= 11 is 3.36. The minimum absolute atomic E-state index is 0.00121. The molecule has 0 radical (unpaired) electrons. The lowest BCUT2D eigenvalue weighted by Gasteiger charge is -2.21. The molecule has 0 bridgehead atoms. The molecule has 2 aromatic rings. The number of benzene rings is 2. The Morgan fingerprint density at radius 3 is 2.69 bits per heavy atom. The lowest BCUT2D eigenvalue weighted by Crippen LogP contribution is -2.33. The molecule has 8 heteroatoms. The molecule has 3 rings (SSSR count). The zero-order chi connectivity index (χ0) is 19.1. The van der Waals surface area contributed by atoms with Crippen molar-refractivity contribution < 1.29 is 17.9 Å². The maximum absolute atomic E-state index is 12.9. The molecule has 0 aromatic heterocycles. The van der Waals surface area contributed by atoms with E-state index in [4.69, 9.17) is 4.74 Å².